The molecule has 104 valence electrons. The molecule has 0 aromatic heterocycles. The molecule has 2 heterocycles. The highest BCUT2D eigenvalue weighted by Gasteiger charge is 2.34. The second kappa shape index (κ2) is 5.59. The fourth-order valence-corrected chi connectivity index (χ4v) is 3.75. The number of piperidine rings is 1. The van der Waals surface area contributed by atoms with Gasteiger partial charge in [0.1, 0.15) is 5.82 Å². The second-order valence-electron chi connectivity index (χ2n) is 5.87. The molecule has 1 aromatic rings. The van der Waals surface area contributed by atoms with Gasteiger partial charge in [0.2, 0.25) is 0 Å². The SMILES string of the molecule is CCC(c1ccc(F)cc1)N1CCC2NCCC2C1. The summed E-state index contributed by atoms with van der Waals surface area (Å²) in [5, 5.41) is 3.61. The fraction of sp³-hybridized carbons (Fsp3) is 0.625. The molecule has 0 bridgehead atoms. The van der Waals surface area contributed by atoms with Gasteiger partial charge >= 0.3 is 0 Å². The Bertz CT molecular complexity index is 417. The Morgan fingerprint density at radius 1 is 1.32 bits per heavy atom. The Hall–Kier alpha value is -0.930. The third-order valence-corrected chi connectivity index (χ3v) is 4.77. The van der Waals surface area contributed by atoms with Crippen molar-refractivity contribution in [1.29, 1.82) is 0 Å². The normalized spacial score (nSPS) is 29.2. The zero-order valence-corrected chi connectivity index (χ0v) is 11.6. The zero-order valence-electron chi connectivity index (χ0n) is 11.6. The first kappa shape index (κ1) is 13.1. The van der Waals surface area contributed by atoms with Crippen molar-refractivity contribution in [3.8, 4) is 0 Å². The molecular weight excluding hydrogens is 239 g/mol. The molecule has 19 heavy (non-hydrogen) atoms. The van der Waals surface area contributed by atoms with Gasteiger partial charge in [-0.05, 0) is 49.4 Å². The van der Waals surface area contributed by atoms with E-state index in [9.17, 15) is 4.39 Å². The number of nitrogens with one attached hydrogen (secondary N) is 1. The maximum Gasteiger partial charge on any atom is 0.123 e. The van der Waals surface area contributed by atoms with Crippen molar-refractivity contribution in [3.63, 3.8) is 0 Å². The van der Waals surface area contributed by atoms with E-state index in [4.69, 9.17) is 0 Å². The molecular formula is C16H23FN2. The average Bonchev–Trinajstić information content (AvgIpc) is 2.89. The van der Waals surface area contributed by atoms with E-state index >= 15 is 0 Å². The quantitative estimate of drug-likeness (QED) is 0.901. The van der Waals surface area contributed by atoms with Crippen LogP contribution in [-0.2, 0) is 0 Å². The van der Waals surface area contributed by atoms with E-state index in [0.717, 1.165) is 24.9 Å². The van der Waals surface area contributed by atoms with Crippen LogP contribution >= 0.6 is 0 Å². The van der Waals surface area contributed by atoms with Crippen LogP contribution in [0.25, 0.3) is 0 Å². The highest BCUT2D eigenvalue weighted by atomic mass is 19.1. The number of benzene rings is 1. The van der Waals surface area contributed by atoms with Gasteiger partial charge in [0.25, 0.3) is 0 Å². The minimum Gasteiger partial charge on any atom is -0.314 e. The van der Waals surface area contributed by atoms with Gasteiger partial charge in [-0.25, -0.2) is 4.39 Å². The van der Waals surface area contributed by atoms with Crippen LogP contribution in [-0.4, -0.2) is 30.6 Å². The van der Waals surface area contributed by atoms with E-state index in [1.165, 1.54) is 31.5 Å². The highest BCUT2D eigenvalue weighted by Crippen LogP contribution is 2.32. The summed E-state index contributed by atoms with van der Waals surface area (Å²) in [4.78, 5) is 2.60. The molecule has 0 spiro atoms. The molecule has 1 N–H and O–H groups in total. The summed E-state index contributed by atoms with van der Waals surface area (Å²) in [6, 6.07) is 8.25. The summed E-state index contributed by atoms with van der Waals surface area (Å²) in [5.41, 5.74) is 1.26. The molecule has 3 rings (SSSR count). The van der Waals surface area contributed by atoms with E-state index in [0.29, 0.717) is 6.04 Å². The maximum atomic E-state index is 13.1. The monoisotopic (exact) mass is 262 g/mol. The molecule has 0 saturated carbocycles. The van der Waals surface area contributed by atoms with Crippen molar-refractivity contribution >= 4 is 0 Å². The first-order chi connectivity index (χ1) is 9.28. The smallest absolute Gasteiger partial charge is 0.123 e. The van der Waals surface area contributed by atoms with Gasteiger partial charge in [-0.1, -0.05) is 19.1 Å². The van der Waals surface area contributed by atoms with E-state index < -0.39 is 0 Å². The Balaban J connectivity index is 1.73. The predicted molar refractivity (Wildman–Crippen MR) is 75.5 cm³/mol. The molecule has 2 saturated heterocycles. The molecule has 1 aromatic carbocycles. The van der Waals surface area contributed by atoms with Gasteiger partial charge in [0, 0.05) is 25.2 Å². The van der Waals surface area contributed by atoms with E-state index in [1.807, 2.05) is 12.1 Å². The molecule has 0 amide bonds. The lowest BCUT2D eigenvalue weighted by Gasteiger charge is -2.39. The third-order valence-electron chi connectivity index (χ3n) is 4.77. The van der Waals surface area contributed by atoms with Crippen molar-refractivity contribution < 1.29 is 4.39 Å². The van der Waals surface area contributed by atoms with Crippen molar-refractivity contribution in [1.82, 2.24) is 10.2 Å². The van der Waals surface area contributed by atoms with Crippen LogP contribution in [0, 0.1) is 11.7 Å². The highest BCUT2D eigenvalue weighted by molar-refractivity contribution is 5.20. The summed E-state index contributed by atoms with van der Waals surface area (Å²) in [6.45, 7) is 5.75. The van der Waals surface area contributed by atoms with E-state index in [1.54, 1.807) is 12.1 Å². The number of hydrogen-bond donors (Lipinski definition) is 1. The fourth-order valence-electron chi connectivity index (χ4n) is 3.75. The van der Waals surface area contributed by atoms with Crippen LogP contribution in [0.2, 0.25) is 0 Å². The van der Waals surface area contributed by atoms with Crippen molar-refractivity contribution in [2.75, 3.05) is 19.6 Å². The van der Waals surface area contributed by atoms with Crippen molar-refractivity contribution in [3.05, 3.63) is 35.6 Å². The van der Waals surface area contributed by atoms with Crippen LogP contribution in [0.4, 0.5) is 4.39 Å². The zero-order chi connectivity index (χ0) is 13.2. The largest absolute Gasteiger partial charge is 0.314 e. The lowest BCUT2D eigenvalue weighted by atomic mass is 9.90. The molecule has 2 fully saturated rings. The maximum absolute atomic E-state index is 13.1. The summed E-state index contributed by atoms with van der Waals surface area (Å²) in [7, 11) is 0. The average molecular weight is 262 g/mol. The first-order valence-corrected chi connectivity index (χ1v) is 7.51. The Morgan fingerprint density at radius 2 is 2.11 bits per heavy atom. The summed E-state index contributed by atoms with van der Waals surface area (Å²) in [6.07, 6.45) is 3.65. The molecule has 0 radical (unpaired) electrons. The van der Waals surface area contributed by atoms with Crippen LogP contribution in [0.15, 0.2) is 24.3 Å². The van der Waals surface area contributed by atoms with Gasteiger partial charge < -0.3 is 5.32 Å². The second-order valence-corrected chi connectivity index (χ2v) is 5.87. The van der Waals surface area contributed by atoms with Gasteiger partial charge in [0.05, 0.1) is 0 Å². The topological polar surface area (TPSA) is 15.3 Å². The Labute approximate surface area is 115 Å². The molecule has 2 nitrogen and oxygen atoms in total. The minimum atomic E-state index is -0.141. The Kier molecular flexibility index (Phi) is 3.85. The van der Waals surface area contributed by atoms with Gasteiger partial charge in [-0.2, -0.15) is 0 Å². The van der Waals surface area contributed by atoms with E-state index in [-0.39, 0.29) is 5.82 Å². The van der Waals surface area contributed by atoms with E-state index in [2.05, 4.69) is 17.1 Å². The number of likely N-dealkylation sites (tertiary alicyclic amines) is 1. The first-order valence-electron chi connectivity index (χ1n) is 7.51. The number of hydrogen-bond acceptors (Lipinski definition) is 2. The molecule has 3 unspecified atom stereocenters. The van der Waals surface area contributed by atoms with Crippen molar-refractivity contribution in [2.45, 2.75) is 38.3 Å². The lowest BCUT2D eigenvalue weighted by molar-refractivity contribution is 0.111. The van der Waals surface area contributed by atoms with Crippen molar-refractivity contribution in [2.24, 2.45) is 5.92 Å². The van der Waals surface area contributed by atoms with Gasteiger partial charge in [-0.3, -0.25) is 4.90 Å². The standard InChI is InChI=1S/C16H23FN2/c1-2-16(12-3-5-14(17)6-4-12)19-10-8-15-13(11-19)7-9-18-15/h3-6,13,15-16,18H,2,7-11H2,1H3. The van der Waals surface area contributed by atoms with Gasteiger partial charge in [0.15, 0.2) is 0 Å². The summed E-state index contributed by atoms with van der Waals surface area (Å²) < 4.78 is 13.1. The number of nitrogens with zero attached hydrogens (tertiary/aromatic N) is 1. The summed E-state index contributed by atoms with van der Waals surface area (Å²) in [5.74, 6) is 0.667. The summed E-state index contributed by atoms with van der Waals surface area (Å²) >= 11 is 0. The predicted octanol–water partition coefficient (Wildman–Crippen LogP) is 2.96. The van der Waals surface area contributed by atoms with Crippen LogP contribution in [0.5, 0.6) is 0 Å². The number of fused-ring (bicyclic) bond motifs is 1. The molecule has 0 aliphatic carbocycles. The molecule has 2 aliphatic heterocycles. The lowest BCUT2D eigenvalue weighted by Crippen LogP contribution is -2.45. The Morgan fingerprint density at radius 3 is 2.84 bits per heavy atom. The number of halogens is 1. The van der Waals surface area contributed by atoms with Crippen LogP contribution in [0.1, 0.15) is 37.8 Å². The third kappa shape index (κ3) is 2.67. The molecule has 2 aliphatic rings. The molecule has 3 heteroatoms. The van der Waals surface area contributed by atoms with Crippen LogP contribution < -0.4 is 5.32 Å². The van der Waals surface area contributed by atoms with Gasteiger partial charge in [-0.15, -0.1) is 0 Å². The molecule has 3 atom stereocenters. The number of rotatable bonds is 3. The van der Waals surface area contributed by atoms with Crippen LogP contribution in [0.3, 0.4) is 0 Å². The minimum absolute atomic E-state index is 0.141.